The Bertz CT molecular complexity index is 821. The van der Waals surface area contributed by atoms with Crippen LogP contribution < -0.4 is 5.32 Å². The van der Waals surface area contributed by atoms with Crippen LogP contribution in [0, 0.1) is 0 Å². The van der Waals surface area contributed by atoms with Crippen LogP contribution in [0.3, 0.4) is 0 Å². The number of hydrogen-bond acceptors (Lipinski definition) is 4. The van der Waals surface area contributed by atoms with Gasteiger partial charge in [0.15, 0.2) is 0 Å². The van der Waals surface area contributed by atoms with E-state index in [1.165, 1.54) is 0 Å². The minimum atomic E-state index is -0.121. The summed E-state index contributed by atoms with van der Waals surface area (Å²) in [6, 6.07) is 7.87. The van der Waals surface area contributed by atoms with Gasteiger partial charge in [-0.2, -0.15) is 5.10 Å². The number of amides is 1. The highest BCUT2D eigenvalue weighted by Crippen LogP contribution is 2.18. The molecular weight excluding hydrogens is 308 g/mol. The molecule has 0 saturated heterocycles. The van der Waals surface area contributed by atoms with Gasteiger partial charge in [0.25, 0.3) is 0 Å². The van der Waals surface area contributed by atoms with Crippen LogP contribution in [-0.2, 0) is 18.4 Å². The summed E-state index contributed by atoms with van der Waals surface area (Å²) < 4.78 is 1.79. The number of hydrogen-bond donors (Lipinski definition) is 1. The molecule has 1 amide bonds. The quantitative estimate of drug-likeness (QED) is 0.734. The molecule has 0 aromatic carbocycles. The number of carbonyl (C=O) groups excluding carboxylic acids is 1. The predicted molar refractivity (Wildman–Crippen MR) is 91.6 cm³/mol. The highest BCUT2D eigenvalue weighted by molar-refractivity contribution is 7.10. The van der Waals surface area contributed by atoms with E-state index in [1.54, 1.807) is 40.7 Å². The second-order valence-electron chi connectivity index (χ2n) is 4.99. The lowest BCUT2D eigenvalue weighted by Crippen LogP contribution is -2.20. The molecule has 3 rings (SSSR count). The molecule has 0 saturated carbocycles. The van der Waals surface area contributed by atoms with E-state index in [2.05, 4.69) is 15.4 Å². The van der Waals surface area contributed by atoms with Crippen molar-refractivity contribution >= 4 is 23.3 Å². The summed E-state index contributed by atoms with van der Waals surface area (Å²) in [5.74, 6) is -0.121. The molecule has 3 aromatic heterocycles. The van der Waals surface area contributed by atoms with E-state index in [1.807, 2.05) is 42.8 Å². The molecule has 0 fully saturated rings. The minimum absolute atomic E-state index is 0.121. The minimum Gasteiger partial charge on any atom is -0.348 e. The number of nitrogens with one attached hydrogen (secondary N) is 1. The molecule has 0 atom stereocenters. The first kappa shape index (κ1) is 15.2. The zero-order valence-corrected chi connectivity index (χ0v) is 13.5. The van der Waals surface area contributed by atoms with Crippen LogP contribution in [0.2, 0.25) is 0 Å². The number of carbonyl (C=O) groups is 1. The summed E-state index contributed by atoms with van der Waals surface area (Å²) in [7, 11) is 1.89. The second-order valence-corrected chi connectivity index (χ2v) is 5.97. The normalized spacial score (nSPS) is 11.0. The molecule has 0 spiro atoms. The van der Waals surface area contributed by atoms with Gasteiger partial charge in [0.1, 0.15) is 0 Å². The Morgan fingerprint density at radius 3 is 3.04 bits per heavy atom. The third kappa shape index (κ3) is 3.92. The van der Waals surface area contributed by atoms with Crippen molar-refractivity contribution in [3.05, 3.63) is 64.8 Å². The standard InChI is InChI=1S/C17H16N4OS/c1-21-16(6-7-20-21)14-9-13(10-18-12-14)11-19-17(22)5-4-15-3-2-8-23-15/h2-10,12H,11H2,1H3,(H,19,22). The summed E-state index contributed by atoms with van der Waals surface area (Å²) in [6.07, 6.45) is 8.65. The maximum absolute atomic E-state index is 11.9. The maximum Gasteiger partial charge on any atom is 0.244 e. The van der Waals surface area contributed by atoms with Gasteiger partial charge in [-0.1, -0.05) is 6.07 Å². The molecule has 0 unspecified atom stereocenters. The molecule has 116 valence electrons. The second kappa shape index (κ2) is 7.02. The Labute approximate surface area is 138 Å². The first-order valence-electron chi connectivity index (χ1n) is 7.14. The van der Waals surface area contributed by atoms with E-state index in [0.717, 1.165) is 21.7 Å². The van der Waals surface area contributed by atoms with Gasteiger partial charge in [-0.3, -0.25) is 14.5 Å². The van der Waals surface area contributed by atoms with Crippen LogP contribution in [0.1, 0.15) is 10.4 Å². The van der Waals surface area contributed by atoms with Gasteiger partial charge in [-0.05, 0) is 35.2 Å². The van der Waals surface area contributed by atoms with Crippen molar-refractivity contribution in [2.75, 3.05) is 0 Å². The Morgan fingerprint density at radius 1 is 1.39 bits per heavy atom. The van der Waals surface area contributed by atoms with Gasteiger partial charge in [-0.15, -0.1) is 11.3 Å². The van der Waals surface area contributed by atoms with Crippen molar-refractivity contribution in [2.45, 2.75) is 6.54 Å². The van der Waals surface area contributed by atoms with Crippen molar-refractivity contribution < 1.29 is 4.79 Å². The number of aryl methyl sites for hydroxylation is 1. The third-order valence-electron chi connectivity index (χ3n) is 3.32. The molecule has 0 bridgehead atoms. The van der Waals surface area contributed by atoms with E-state index < -0.39 is 0 Å². The number of aromatic nitrogens is 3. The molecule has 0 radical (unpaired) electrons. The van der Waals surface area contributed by atoms with E-state index in [0.29, 0.717) is 6.54 Å². The van der Waals surface area contributed by atoms with Crippen LogP contribution in [-0.4, -0.2) is 20.7 Å². The Morgan fingerprint density at radius 2 is 2.30 bits per heavy atom. The van der Waals surface area contributed by atoms with Crippen LogP contribution in [0.15, 0.2) is 54.3 Å². The average Bonchev–Trinajstić information content (AvgIpc) is 3.22. The molecule has 6 heteroatoms. The van der Waals surface area contributed by atoms with Crippen molar-refractivity contribution in [1.29, 1.82) is 0 Å². The Balaban J connectivity index is 1.62. The van der Waals surface area contributed by atoms with Crippen molar-refractivity contribution in [3.8, 4) is 11.3 Å². The summed E-state index contributed by atoms with van der Waals surface area (Å²) in [5, 5.41) is 9.00. The molecule has 5 nitrogen and oxygen atoms in total. The predicted octanol–water partition coefficient (Wildman–Crippen LogP) is 2.87. The van der Waals surface area contributed by atoms with Crippen LogP contribution in [0.25, 0.3) is 17.3 Å². The van der Waals surface area contributed by atoms with Gasteiger partial charge in [0.2, 0.25) is 5.91 Å². The van der Waals surface area contributed by atoms with Gasteiger partial charge in [0.05, 0.1) is 5.69 Å². The van der Waals surface area contributed by atoms with E-state index >= 15 is 0 Å². The van der Waals surface area contributed by atoms with Gasteiger partial charge in [-0.25, -0.2) is 0 Å². The van der Waals surface area contributed by atoms with Crippen LogP contribution >= 0.6 is 11.3 Å². The average molecular weight is 324 g/mol. The first-order valence-corrected chi connectivity index (χ1v) is 8.02. The number of nitrogens with zero attached hydrogens (tertiary/aromatic N) is 3. The van der Waals surface area contributed by atoms with Crippen molar-refractivity contribution in [1.82, 2.24) is 20.1 Å². The molecule has 3 heterocycles. The SMILES string of the molecule is Cn1nccc1-c1cncc(CNC(=O)C=Cc2cccs2)c1. The highest BCUT2D eigenvalue weighted by atomic mass is 32.1. The highest BCUT2D eigenvalue weighted by Gasteiger charge is 2.05. The fraction of sp³-hybridized carbons (Fsp3) is 0.118. The first-order chi connectivity index (χ1) is 11.2. The number of rotatable bonds is 5. The van der Waals surface area contributed by atoms with Gasteiger partial charge in [0, 0.05) is 48.7 Å². The molecular formula is C17H16N4OS. The number of thiophene rings is 1. The van der Waals surface area contributed by atoms with Gasteiger partial charge < -0.3 is 5.32 Å². The fourth-order valence-electron chi connectivity index (χ4n) is 2.17. The summed E-state index contributed by atoms with van der Waals surface area (Å²) in [6.45, 7) is 0.437. The molecule has 0 aliphatic rings. The van der Waals surface area contributed by atoms with E-state index in [4.69, 9.17) is 0 Å². The lowest BCUT2D eigenvalue weighted by molar-refractivity contribution is -0.116. The third-order valence-corrected chi connectivity index (χ3v) is 4.16. The summed E-state index contributed by atoms with van der Waals surface area (Å²) in [4.78, 5) is 17.1. The Hall–Kier alpha value is -2.73. The zero-order valence-electron chi connectivity index (χ0n) is 12.6. The topological polar surface area (TPSA) is 59.8 Å². The van der Waals surface area contributed by atoms with E-state index in [9.17, 15) is 4.79 Å². The molecule has 3 aromatic rings. The molecule has 0 aliphatic carbocycles. The number of pyridine rings is 1. The lowest BCUT2D eigenvalue weighted by atomic mass is 10.1. The van der Waals surface area contributed by atoms with Crippen molar-refractivity contribution in [2.24, 2.45) is 7.05 Å². The van der Waals surface area contributed by atoms with Crippen LogP contribution in [0.5, 0.6) is 0 Å². The van der Waals surface area contributed by atoms with Crippen molar-refractivity contribution in [3.63, 3.8) is 0 Å². The molecule has 0 aliphatic heterocycles. The maximum atomic E-state index is 11.9. The summed E-state index contributed by atoms with van der Waals surface area (Å²) in [5.41, 5.74) is 2.91. The summed E-state index contributed by atoms with van der Waals surface area (Å²) >= 11 is 1.60. The smallest absolute Gasteiger partial charge is 0.244 e. The Kier molecular flexibility index (Phi) is 4.63. The fourth-order valence-corrected chi connectivity index (χ4v) is 2.79. The van der Waals surface area contributed by atoms with Crippen LogP contribution in [0.4, 0.5) is 0 Å². The monoisotopic (exact) mass is 324 g/mol. The molecule has 1 N–H and O–H groups in total. The van der Waals surface area contributed by atoms with E-state index in [-0.39, 0.29) is 5.91 Å². The largest absolute Gasteiger partial charge is 0.348 e. The lowest BCUT2D eigenvalue weighted by Gasteiger charge is -2.06. The zero-order chi connectivity index (χ0) is 16.1. The molecule has 23 heavy (non-hydrogen) atoms. The van der Waals surface area contributed by atoms with Gasteiger partial charge >= 0.3 is 0 Å².